The van der Waals surface area contributed by atoms with Gasteiger partial charge in [-0.1, -0.05) is 35.9 Å². The van der Waals surface area contributed by atoms with Crippen molar-refractivity contribution in [1.29, 1.82) is 0 Å². The molecule has 0 aliphatic carbocycles. The van der Waals surface area contributed by atoms with E-state index in [0.29, 0.717) is 15.6 Å². The maximum Gasteiger partial charge on any atom is 0.279 e. The molecule has 0 aliphatic heterocycles. The van der Waals surface area contributed by atoms with Gasteiger partial charge in [0.25, 0.3) is 5.91 Å². The first-order valence-corrected chi connectivity index (χ1v) is 9.09. The SMILES string of the molecule is O=C(Cc1csc(-c2ccccc2Cl)n1)NNC(=O)c1cccs1. The summed E-state index contributed by atoms with van der Waals surface area (Å²) in [6.07, 6.45) is 0.0751. The summed E-state index contributed by atoms with van der Waals surface area (Å²) < 4.78 is 0. The molecule has 0 atom stereocenters. The standard InChI is InChI=1S/C16H12ClN3O2S2/c17-12-5-2-1-4-11(12)16-18-10(9-24-16)8-14(21)19-20-15(22)13-6-3-7-23-13/h1-7,9H,8H2,(H,19,21)(H,20,22). The molecule has 8 heteroatoms. The zero-order valence-electron chi connectivity index (χ0n) is 12.3. The van der Waals surface area contributed by atoms with Gasteiger partial charge in [0, 0.05) is 10.9 Å². The molecule has 0 radical (unpaired) electrons. The van der Waals surface area contributed by atoms with Crippen LogP contribution in [0.15, 0.2) is 47.2 Å². The average Bonchev–Trinajstić information content (AvgIpc) is 3.25. The number of hydrazine groups is 1. The zero-order valence-corrected chi connectivity index (χ0v) is 14.7. The largest absolute Gasteiger partial charge is 0.279 e. The molecule has 122 valence electrons. The lowest BCUT2D eigenvalue weighted by atomic mass is 10.2. The van der Waals surface area contributed by atoms with Crippen molar-refractivity contribution >= 4 is 46.1 Å². The number of nitrogens with zero attached hydrogens (tertiary/aromatic N) is 1. The van der Waals surface area contributed by atoms with Crippen molar-refractivity contribution in [2.75, 3.05) is 0 Å². The van der Waals surface area contributed by atoms with Crippen molar-refractivity contribution in [3.63, 3.8) is 0 Å². The molecule has 1 aromatic carbocycles. The maximum absolute atomic E-state index is 11.9. The molecular weight excluding hydrogens is 366 g/mol. The lowest BCUT2D eigenvalue weighted by Gasteiger charge is -2.05. The molecule has 0 aliphatic rings. The van der Waals surface area contributed by atoms with E-state index in [2.05, 4.69) is 15.8 Å². The number of benzene rings is 1. The zero-order chi connectivity index (χ0) is 16.9. The molecule has 0 saturated heterocycles. The minimum Gasteiger partial charge on any atom is -0.273 e. The van der Waals surface area contributed by atoms with E-state index in [9.17, 15) is 9.59 Å². The monoisotopic (exact) mass is 377 g/mol. The number of aromatic nitrogens is 1. The number of thiazole rings is 1. The molecular formula is C16H12ClN3O2S2. The predicted molar refractivity (Wildman–Crippen MR) is 96.2 cm³/mol. The number of halogens is 1. The fourth-order valence-corrected chi connectivity index (χ4v) is 3.71. The van der Waals surface area contributed by atoms with Gasteiger partial charge in [0.05, 0.1) is 22.0 Å². The van der Waals surface area contributed by atoms with Crippen molar-refractivity contribution < 1.29 is 9.59 Å². The Kier molecular flexibility index (Phi) is 5.24. The van der Waals surface area contributed by atoms with E-state index < -0.39 is 0 Å². The molecule has 0 saturated carbocycles. The van der Waals surface area contributed by atoms with Gasteiger partial charge in [-0.3, -0.25) is 20.4 Å². The van der Waals surface area contributed by atoms with E-state index in [-0.39, 0.29) is 18.2 Å². The summed E-state index contributed by atoms with van der Waals surface area (Å²) in [5.74, 6) is -0.677. The van der Waals surface area contributed by atoms with Crippen LogP contribution in [0.25, 0.3) is 10.6 Å². The lowest BCUT2D eigenvalue weighted by molar-refractivity contribution is -0.121. The molecule has 0 unspecified atom stereocenters. The summed E-state index contributed by atoms with van der Waals surface area (Å²) in [7, 11) is 0. The van der Waals surface area contributed by atoms with Gasteiger partial charge in [0.15, 0.2) is 0 Å². The fraction of sp³-hybridized carbons (Fsp3) is 0.0625. The molecule has 3 aromatic rings. The van der Waals surface area contributed by atoms with Gasteiger partial charge >= 0.3 is 0 Å². The first-order chi connectivity index (χ1) is 11.6. The maximum atomic E-state index is 11.9. The Balaban J connectivity index is 1.58. The molecule has 2 amide bonds. The summed E-state index contributed by atoms with van der Waals surface area (Å²) in [6.45, 7) is 0. The Morgan fingerprint density at radius 3 is 2.67 bits per heavy atom. The van der Waals surface area contributed by atoms with Crippen molar-refractivity contribution in [2.45, 2.75) is 6.42 Å². The van der Waals surface area contributed by atoms with Crippen LogP contribution in [0.5, 0.6) is 0 Å². The number of rotatable bonds is 4. The van der Waals surface area contributed by atoms with Crippen LogP contribution in [0.1, 0.15) is 15.4 Å². The quantitative estimate of drug-likeness (QED) is 0.683. The van der Waals surface area contributed by atoms with Gasteiger partial charge in [-0.25, -0.2) is 4.98 Å². The van der Waals surface area contributed by atoms with Gasteiger partial charge in [0.1, 0.15) is 5.01 Å². The molecule has 5 nitrogen and oxygen atoms in total. The van der Waals surface area contributed by atoms with E-state index >= 15 is 0 Å². The van der Waals surface area contributed by atoms with Crippen LogP contribution < -0.4 is 10.9 Å². The second kappa shape index (κ2) is 7.57. The van der Waals surface area contributed by atoms with E-state index in [1.807, 2.05) is 18.2 Å². The van der Waals surface area contributed by atoms with Gasteiger partial charge in [0.2, 0.25) is 5.91 Å². The third-order valence-corrected chi connectivity index (χ3v) is 5.18. The van der Waals surface area contributed by atoms with Gasteiger partial charge in [-0.05, 0) is 17.5 Å². The summed E-state index contributed by atoms with van der Waals surface area (Å²) in [5, 5.41) is 4.97. The number of carbonyl (C=O) groups is 2. The average molecular weight is 378 g/mol. The van der Waals surface area contributed by atoms with Crippen LogP contribution in [0.3, 0.4) is 0 Å². The molecule has 2 heterocycles. The number of thiophene rings is 1. The summed E-state index contributed by atoms with van der Waals surface area (Å²) in [5.41, 5.74) is 6.22. The molecule has 2 aromatic heterocycles. The van der Waals surface area contributed by atoms with E-state index in [4.69, 9.17) is 11.6 Å². The normalized spacial score (nSPS) is 10.4. The molecule has 0 fully saturated rings. The highest BCUT2D eigenvalue weighted by Crippen LogP contribution is 2.30. The highest BCUT2D eigenvalue weighted by molar-refractivity contribution is 7.13. The van der Waals surface area contributed by atoms with Gasteiger partial charge < -0.3 is 0 Å². The summed E-state index contributed by atoms with van der Waals surface area (Å²) in [6, 6.07) is 10.9. The number of hydrogen-bond donors (Lipinski definition) is 2. The predicted octanol–water partition coefficient (Wildman–Crippen LogP) is 3.53. The highest BCUT2D eigenvalue weighted by Gasteiger charge is 2.12. The third-order valence-electron chi connectivity index (χ3n) is 3.06. The first-order valence-electron chi connectivity index (χ1n) is 6.95. The lowest BCUT2D eigenvalue weighted by Crippen LogP contribution is -2.42. The molecule has 3 rings (SSSR count). The van der Waals surface area contributed by atoms with Gasteiger partial charge in [-0.15, -0.1) is 22.7 Å². The van der Waals surface area contributed by atoms with Crippen molar-refractivity contribution in [3.05, 3.63) is 62.8 Å². The second-order valence-corrected chi connectivity index (χ2v) is 6.99. The second-order valence-electron chi connectivity index (χ2n) is 4.78. The summed E-state index contributed by atoms with van der Waals surface area (Å²) in [4.78, 5) is 28.6. The number of amides is 2. The number of hydrogen-bond acceptors (Lipinski definition) is 5. The highest BCUT2D eigenvalue weighted by atomic mass is 35.5. The van der Waals surface area contributed by atoms with Crippen LogP contribution in [-0.4, -0.2) is 16.8 Å². The van der Waals surface area contributed by atoms with Crippen molar-refractivity contribution in [2.24, 2.45) is 0 Å². The summed E-state index contributed by atoms with van der Waals surface area (Å²) >= 11 is 8.87. The Labute approximate surface area is 151 Å². The van der Waals surface area contributed by atoms with Crippen molar-refractivity contribution in [3.8, 4) is 10.6 Å². The van der Waals surface area contributed by atoms with Gasteiger partial charge in [-0.2, -0.15) is 0 Å². The topological polar surface area (TPSA) is 71.1 Å². The van der Waals surface area contributed by atoms with E-state index in [1.54, 1.807) is 29.0 Å². The molecule has 0 spiro atoms. The third kappa shape index (κ3) is 4.00. The Morgan fingerprint density at radius 2 is 1.92 bits per heavy atom. The minimum absolute atomic E-state index is 0.0751. The number of nitrogens with one attached hydrogen (secondary N) is 2. The van der Waals surface area contributed by atoms with Crippen LogP contribution in [-0.2, 0) is 11.2 Å². The van der Waals surface area contributed by atoms with Crippen LogP contribution in [0.2, 0.25) is 5.02 Å². The molecule has 2 N–H and O–H groups in total. The smallest absolute Gasteiger partial charge is 0.273 e. The van der Waals surface area contributed by atoms with Crippen molar-refractivity contribution in [1.82, 2.24) is 15.8 Å². The first kappa shape index (κ1) is 16.6. The number of carbonyl (C=O) groups excluding carboxylic acids is 2. The Morgan fingerprint density at radius 1 is 1.08 bits per heavy atom. The minimum atomic E-state index is -0.339. The van der Waals surface area contributed by atoms with Crippen LogP contribution >= 0.6 is 34.3 Å². The molecule has 24 heavy (non-hydrogen) atoms. The molecule has 0 bridgehead atoms. The van der Waals surface area contributed by atoms with E-state index in [0.717, 1.165) is 10.6 Å². The van der Waals surface area contributed by atoms with Crippen LogP contribution in [0.4, 0.5) is 0 Å². The fourth-order valence-electron chi connectivity index (χ4n) is 1.95. The van der Waals surface area contributed by atoms with Crippen LogP contribution in [0, 0.1) is 0 Å². The Hall–Kier alpha value is -2.22. The van der Waals surface area contributed by atoms with E-state index in [1.165, 1.54) is 22.7 Å². The Bertz CT molecular complexity index is 862.